The minimum absolute atomic E-state index is 0.0164. The number of aryl methyl sites for hydroxylation is 1. The summed E-state index contributed by atoms with van der Waals surface area (Å²) < 4.78 is 0. The lowest BCUT2D eigenvalue weighted by Crippen LogP contribution is -2.22. The fraction of sp³-hybridized carbons (Fsp3) is 0.375. The molecule has 4 heteroatoms. The van der Waals surface area contributed by atoms with Gasteiger partial charge in [0.25, 0.3) is 5.91 Å². The van der Waals surface area contributed by atoms with Crippen LogP contribution in [-0.4, -0.2) is 10.9 Å². The fourth-order valence-electron chi connectivity index (χ4n) is 2.58. The topological polar surface area (TPSA) is 42.0 Å². The summed E-state index contributed by atoms with van der Waals surface area (Å²) in [6.07, 6.45) is 5.21. The standard InChI is InChI=1S/C16H18N2OS/c1-11-5-6-14-12(8-11)9-15(20-14)16(19)18-10-13-4-2-3-7-17-13/h2-4,7,9,11H,5-6,8,10H2,1H3,(H,18,19)/t11-/m1/s1. The molecule has 2 heterocycles. The second-order valence-electron chi connectivity index (χ2n) is 5.41. The normalized spacial score (nSPS) is 17.6. The first kappa shape index (κ1) is 13.3. The van der Waals surface area contributed by atoms with Crippen molar-refractivity contribution in [3.05, 3.63) is 51.5 Å². The van der Waals surface area contributed by atoms with Crippen molar-refractivity contribution in [3.63, 3.8) is 0 Å². The van der Waals surface area contributed by atoms with E-state index in [0.29, 0.717) is 6.54 Å². The second kappa shape index (κ2) is 5.75. The van der Waals surface area contributed by atoms with Gasteiger partial charge >= 0.3 is 0 Å². The smallest absolute Gasteiger partial charge is 0.261 e. The molecule has 1 aliphatic carbocycles. The summed E-state index contributed by atoms with van der Waals surface area (Å²) in [5.74, 6) is 0.754. The summed E-state index contributed by atoms with van der Waals surface area (Å²) in [5, 5.41) is 2.94. The Morgan fingerprint density at radius 3 is 3.20 bits per heavy atom. The van der Waals surface area contributed by atoms with Gasteiger partial charge in [0.05, 0.1) is 17.1 Å². The maximum Gasteiger partial charge on any atom is 0.261 e. The predicted octanol–water partition coefficient (Wildman–Crippen LogP) is 3.20. The Balaban J connectivity index is 1.66. The van der Waals surface area contributed by atoms with Crippen LogP contribution in [0.2, 0.25) is 0 Å². The zero-order chi connectivity index (χ0) is 13.9. The van der Waals surface area contributed by atoms with Crippen molar-refractivity contribution < 1.29 is 4.79 Å². The van der Waals surface area contributed by atoms with Crippen molar-refractivity contribution in [2.24, 2.45) is 5.92 Å². The molecule has 20 heavy (non-hydrogen) atoms. The lowest BCUT2D eigenvalue weighted by atomic mass is 9.90. The number of pyridine rings is 1. The molecule has 0 saturated carbocycles. The highest BCUT2D eigenvalue weighted by atomic mass is 32.1. The number of hydrogen-bond acceptors (Lipinski definition) is 3. The molecular weight excluding hydrogens is 268 g/mol. The molecule has 0 bridgehead atoms. The molecule has 104 valence electrons. The van der Waals surface area contributed by atoms with E-state index in [0.717, 1.165) is 29.3 Å². The molecule has 0 aliphatic heterocycles. The first-order valence-electron chi connectivity index (χ1n) is 7.02. The van der Waals surface area contributed by atoms with E-state index in [1.165, 1.54) is 16.9 Å². The first-order valence-corrected chi connectivity index (χ1v) is 7.83. The third kappa shape index (κ3) is 2.90. The minimum Gasteiger partial charge on any atom is -0.346 e. The van der Waals surface area contributed by atoms with Crippen molar-refractivity contribution >= 4 is 17.2 Å². The van der Waals surface area contributed by atoms with Crippen molar-refractivity contribution in [1.29, 1.82) is 0 Å². The summed E-state index contributed by atoms with van der Waals surface area (Å²) in [7, 11) is 0. The number of thiophene rings is 1. The number of aromatic nitrogens is 1. The number of amides is 1. The largest absolute Gasteiger partial charge is 0.346 e. The molecule has 3 nitrogen and oxygen atoms in total. The van der Waals surface area contributed by atoms with Crippen molar-refractivity contribution in [2.45, 2.75) is 32.7 Å². The van der Waals surface area contributed by atoms with E-state index in [4.69, 9.17) is 0 Å². The summed E-state index contributed by atoms with van der Waals surface area (Å²) in [4.78, 5) is 18.6. The molecule has 0 radical (unpaired) electrons. The van der Waals surface area contributed by atoms with Crippen LogP contribution in [0.15, 0.2) is 30.5 Å². The zero-order valence-corrected chi connectivity index (χ0v) is 12.4. The molecule has 3 rings (SSSR count). The van der Waals surface area contributed by atoms with Gasteiger partial charge in [-0.1, -0.05) is 13.0 Å². The van der Waals surface area contributed by atoms with Gasteiger partial charge in [0.1, 0.15) is 0 Å². The van der Waals surface area contributed by atoms with Gasteiger partial charge in [-0.3, -0.25) is 9.78 Å². The minimum atomic E-state index is 0.0164. The number of carbonyl (C=O) groups excluding carboxylic acids is 1. The third-order valence-electron chi connectivity index (χ3n) is 3.71. The van der Waals surface area contributed by atoms with Gasteiger partial charge in [0.2, 0.25) is 0 Å². The molecule has 2 aromatic heterocycles. The van der Waals surface area contributed by atoms with Crippen LogP contribution in [0.4, 0.5) is 0 Å². The number of carbonyl (C=O) groups is 1. The highest BCUT2D eigenvalue weighted by molar-refractivity contribution is 7.14. The number of hydrogen-bond donors (Lipinski definition) is 1. The van der Waals surface area contributed by atoms with Crippen LogP contribution in [0.3, 0.4) is 0 Å². The van der Waals surface area contributed by atoms with E-state index >= 15 is 0 Å². The van der Waals surface area contributed by atoms with Gasteiger partial charge in [-0.05, 0) is 48.9 Å². The number of fused-ring (bicyclic) bond motifs is 1. The Morgan fingerprint density at radius 1 is 1.50 bits per heavy atom. The Kier molecular flexibility index (Phi) is 3.83. The van der Waals surface area contributed by atoms with Gasteiger partial charge in [0, 0.05) is 11.1 Å². The molecule has 1 aliphatic rings. The number of nitrogens with one attached hydrogen (secondary N) is 1. The number of nitrogens with zero attached hydrogens (tertiary/aromatic N) is 1. The molecule has 1 amide bonds. The van der Waals surface area contributed by atoms with Gasteiger partial charge in [-0.2, -0.15) is 0 Å². The van der Waals surface area contributed by atoms with Crippen molar-refractivity contribution in [3.8, 4) is 0 Å². The van der Waals surface area contributed by atoms with Gasteiger partial charge in [0.15, 0.2) is 0 Å². The quantitative estimate of drug-likeness (QED) is 0.941. The van der Waals surface area contributed by atoms with Crippen LogP contribution in [0.25, 0.3) is 0 Å². The molecule has 0 saturated heterocycles. The van der Waals surface area contributed by atoms with Crippen LogP contribution in [0.5, 0.6) is 0 Å². The predicted molar refractivity (Wildman–Crippen MR) is 80.9 cm³/mol. The summed E-state index contributed by atoms with van der Waals surface area (Å²) in [6, 6.07) is 7.80. The van der Waals surface area contributed by atoms with E-state index in [2.05, 4.69) is 23.3 Å². The molecule has 1 atom stereocenters. The van der Waals surface area contributed by atoms with Crippen LogP contribution < -0.4 is 5.32 Å². The van der Waals surface area contributed by atoms with Crippen LogP contribution >= 0.6 is 11.3 Å². The molecule has 0 aromatic carbocycles. The summed E-state index contributed by atoms with van der Waals surface area (Å²) >= 11 is 1.65. The third-order valence-corrected chi connectivity index (χ3v) is 4.95. The second-order valence-corrected chi connectivity index (χ2v) is 6.55. The van der Waals surface area contributed by atoms with Gasteiger partial charge in [-0.15, -0.1) is 11.3 Å². The van der Waals surface area contributed by atoms with E-state index < -0.39 is 0 Å². The van der Waals surface area contributed by atoms with E-state index in [1.54, 1.807) is 17.5 Å². The van der Waals surface area contributed by atoms with Crippen LogP contribution in [0.1, 0.15) is 39.2 Å². The highest BCUT2D eigenvalue weighted by Crippen LogP contribution is 2.32. The maximum atomic E-state index is 12.2. The number of rotatable bonds is 3. The Bertz CT molecular complexity index is 606. The van der Waals surface area contributed by atoms with Gasteiger partial charge in [-0.25, -0.2) is 0 Å². The highest BCUT2D eigenvalue weighted by Gasteiger charge is 2.20. The summed E-state index contributed by atoms with van der Waals surface area (Å²) in [6.45, 7) is 2.76. The molecule has 1 N–H and O–H groups in total. The van der Waals surface area contributed by atoms with Crippen molar-refractivity contribution in [1.82, 2.24) is 10.3 Å². The molecule has 2 aromatic rings. The van der Waals surface area contributed by atoms with E-state index in [-0.39, 0.29) is 5.91 Å². The molecular formula is C16H18N2OS. The summed E-state index contributed by atoms with van der Waals surface area (Å²) in [5.41, 5.74) is 2.26. The fourth-order valence-corrected chi connectivity index (χ4v) is 3.70. The van der Waals surface area contributed by atoms with Crippen LogP contribution in [-0.2, 0) is 19.4 Å². The Morgan fingerprint density at radius 2 is 2.40 bits per heavy atom. The van der Waals surface area contributed by atoms with E-state index in [9.17, 15) is 4.79 Å². The Labute approximate surface area is 123 Å². The average molecular weight is 286 g/mol. The lowest BCUT2D eigenvalue weighted by molar-refractivity contribution is 0.0954. The molecule has 0 unspecified atom stereocenters. The average Bonchev–Trinajstić information content (AvgIpc) is 2.89. The monoisotopic (exact) mass is 286 g/mol. The van der Waals surface area contributed by atoms with E-state index in [1.807, 2.05) is 18.2 Å². The first-order chi connectivity index (χ1) is 9.72. The maximum absolute atomic E-state index is 12.2. The van der Waals surface area contributed by atoms with Crippen LogP contribution in [0, 0.1) is 5.92 Å². The molecule has 0 fully saturated rings. The zero-order valence-electron chi connectivity index (χ0n) is 11.6. The molecule has 0 spiro atoms. The van der Waals surface area contributed by atoms with Crippen molar-refractivity contribution in [2.75, 3.05) is 0 Å². The lowest BCUT2D eigenvalue weighted by Gasteiger charge is -2.16. The Hall–Kier alpha value is -1.68. The van der Waals surface area contributed by atoms with Gasteiger partial charge < -0.3 is 5.32 Å². The SMILES string of the molecule is C[C@@H]1CCc2sc(C(=O)NCc3ccccn3)cc2C1.